The summed E-state index contributed by atoms with van der Waals surface area (Å²) in [5.74, 6) is -0.972. The van der Waals surface area contributed by atoms with Crippen molar-refractivity contribution in [3.63, 3.8) is 0 Å². The number of ether oxygens (including phenoxy) is 2. The Morgan fingerprint density at radius 1 is 1.20 bits per heavy atom. The van der Waals surface area contributed by atoms with E-state index in [1.165, 1.54) is 0 Å². The van der Waals surface area contributed by atoms with Crippen molar-refractivity contribution >= 4 is 11.7 Å². The molecule has 0 saturated carbocycles. The van der Waals surface area contributed by atoms with Crippen LogP contribution < -0.4 is 9.47 Å². The van der Waals surface area contributed by atoms with Gasteiger partial charge in [0.2, 0.25) is 0 Å². The Morgan fingerprint density at radius 2 is 1.70 bits per heavy atom. The molecule has 0 aliphatic heterocycles. The Labute approximate surface area is 116 Å². The fourth-order valence-corrected chi connectivity index (χ4v) is 1.52. The second-order valence-corrected chi connectivity index (χ2v) is 4.08. The first kappa shape index (κ1) is 15.7. The van der Waals surface area contributed by atoms with Crippen LogP contribution in [0.25, 0.3) is 0 Å². The Balaban J connectivity index is 3.27. The summed E-state index contributed by atoms with van der Waals surface area (Å²) in [5.41, 5.74) is -0.919. The number of nitro benzene ring substituents is 1. The summed E-state index contributed by atoms with van der Waals surface area (Å²) >= 11 is 0. The predicted molar refractivity (Wildman–Crippen MR) is 71.6 cm³/mol. The maximum absolute atomic E-state index is 11.1. The number of carbonyl (C=O) groups is 1. The molecule has 1 aromatic rings. The molecule has 7 heteroatoms. The van der Waals surface area contributed by atoms with Crippen molar-refractivity contribution in [2.24, 2.45) is 0 Å². The highest BCUT2D eigenvalue weighted by molar-refractivity contribution is 5.93. The van der Waals surface area contributed by atoms with E-state index < -0.39 is 22.1 Å². The van der Waals surface area contributed by atoms with Crippen molar-refractivity contribution in [2.45, 2.75) is 26.7 Å². The van der Waals surface area contributed by atoms with Gasteiger partial charge in [0, 0.05) is 6.07 Å². The Morgan fingerprint density at radius 3 is 2.10 bits per heavy atom. The number of rotatable bonds is 8. The Hall–Kier alpha value is -2.31. The number of carboxylic acid groups (broad SMARTS) is 1. The van der Waals surface area contributed by atoms with Crippen LogP contribution in [0, 0.1) is 10.1 Å². The molecule has 0 bridgehead atoms. The molecule has 0 saturated heterocycles. The van der Waals surface area contributed by atoms with E-state index >= 15 is 0 Å². The maximum atomic E-state index is 11.1. The summed E-state index contributed by atoms with van der Waals surface area (Å²) in [6.45, 7) is 4.54. The predicted octanol–water partition coefficient (Wildman–Crippen LogP) is 2.87. The monoisotopic (exact) mass is 283 g/mol. The van der Waals surface area contributed by atoms with Crippen LogP contribution in [0.3, 0.4) is 0 Å². The molecule has 0 aliphatic rings. The normalized spacial score (nSPS) is 10.1. The summed E-state index contributed by atoms with van der Waals surface area (Å²) in [4.78, 5) is 21.3. The Kier molecular flexibility index (Phi) is 5.76. The molecular weight excluding hydrogens is 266 g/mol. The minimum absolute atomic E-state index is 0.192. The molecule has 0 heterocycles. The van der Waals surface area contributed by atoms with Crippen LogP contribution in [-0.4, -0.2) is 29.2 Å². The third kappa shape index (κ3) is 3.84. The smallest absolute Gasteiger partial charge is 0.342 e. The number of aromatic carboxylic acids is 1. The maximum Gasteiger partial charge on any atom is 0.342 e. The molecule has 1 rings (SSSR count). The van der Waals surface area contributed by atoms with E-state index in [0.717, 1.165) is 25.0 Å². The lowest BCUT2D eigenvalue weighted by atomic mass is 10.1. The van der Waals surface area contributed by atoms with E-state index in [9.17, 15) is 14.9 Å². The van der Waals surface area contributed by atoms with Crippen molar-refractivity contribution in [3.8, 4) is 11.5 Å². The molecule has 0 radical (unpaired) electrons. The number of nitrogens with zero attached hydrogens (tertiary/aromatic N) is 1. The van der Waals surface area contributed by atoms with Gasteiger partial charge in [-0.2, -0.15) is 0 Å². The summed E-state index contributed by atoms with van der Waals surface area (Å²) in [6.07, 6.45) is 1.45. The van der Waals surface area contributed by atoms with Crippen molar-refractivity contribution in [3.05, 3.63) is 27.8 Å². The third-order valence-corrected chi connectivity index (χ3v) is 2.41. The van der Waals surface area contributed by atoms with Gasteiger partial charge in [-0.1, -0.05) is 13.8 Å². The molecule has 1 aromatic carbocycles. The average molecular weight is 283 g/mol. The van der Waals surface area contributed by atoms with Gasteiger partial charge in [-0.15, -0.1) is 0 Å². The molecule has 0 atom stereocenters. The number of hydrogen-bond acceptors (Lipinski definition) is 5. The van der Waals surface area contributed by atoms with Crippen LogP contribution in [0.5, 0.6) is 11.5 Å². The van der Waals surface area contributed by atoms with E-state index in [-0.39, 0.29) is 11.5 Å². The van der Waals surface area contributed by atoms with Gasteiger partial charge in [-0.25, -0.2) is 4.79 Å². The lowest BCUT2D eigenvalue weighted by Crippen LogP contribution is -2.07. The van der Waals surface area contributed by atoms with E-state index in [1.807, 2.05) is 13.8 Å². The second-order valence-electron chi connectivity index (χ2n) is 4.08. The summed E-state index contributed by atoms with van der Waals surface area (Å²) in [6, 6.07) is 2.24. The van der Waals surface area contributed by atoms with Gasteiger partial charge in [-0.05, 0) is 12.8 Å². The van der Waals surface area contributed by atoms with Crippen molar-refractivity contribution in [2.75, 3.05) is 13.2 Å². The van der Waals surface area contributed by atoms with Crippen LogP contribution in [0.15, 0.2) is 12.1 Å². The molecule has 110 valence electrons. The number of hydrogen-bond donors (Lipinski definition) is 1. The summed E-state index contributed by atoms with van der Waals surface area (Å²) < 4.78 is 10.8. The van der Waals surface area contributed by atoms with E-state index in [2.05, 4.69) is 0 Å². The first-order valence-electron chi connectivity index (χ1n) is 6.32. The standard InChI is InChI=1S/C13H17NO6/c1-3-5-19-11-7-9(13(15)16)10(14(17)18)8-12(11)20-6-4-2/h7-8H,3-6H2,1-2H3,(H,15,16). The minimum atomic E-state index is -1.37. The van der Waals surface area contributed by atoms with Gasteiger partial charge < -0.3 is 14.6 Å². The van der Waals surface area contributed by atoms with Crippen LogP contribution >= 0.6 is 0 Å². The van der Waals surface area contributed by atoms with Crippen molar-refractivity contribution in [1.82, 2.24) is 0 Å². The molecule has 0 aromatic heterocycles. The molecule has 0 unspecified atom stereocenters. The van der Waals surface area contributed by atoms with Gasteiger partial charge in [0.15, 0.2) is 11.5 Å². The summed E-state index contributed by atoms with van der Waals surface area (Å²) in [5, 5.41) is 20.0. The van der Waals surface area contributed by atoms with Gasteiger partial charge in [0.1, 0.15) is 5.56 Å². The summed E-state index contributed by atoms with van der Waals surface area (Å²) in [7, 11) is 0. The zero-order valence-corrected chi connectivity index (χ0v) is 11.4. The molecule has 0 amide bonds. The molecule has 0 spiro atoms. The fourth-order valence-electron chi connectivity index (χ4n) is 1.52. The highest BCUT2D eigenvalue weighted by Crippen LogP contribution is 2.35. The van der Waals surface area contributed by atoms with Crippen LogP contribution in [-0.2, 0) is 0 Å². The lowest BCUT2D eigenvalue weighted by molar-refractivity contribution is -0.385. The average Bonchev–Trinajstić information content (AvgIpc) is 2.42. The molecule has 0 fully saturated rings. The van der Waals surface area contributed by atoms with Gasteiger partial charge >= 0.3 is 5.97 Å². The molecule has 7 nitrogen and oxygen atoms in total. The molecule has 1 N–H and O–H groups in total. The van der Waals surface area contributed by atoms with Crippen LogP contribution in [0.4, 0.5) is 5.69 Å². The lowest BCUT2D eigenvalue weighted by Gasteiger charge is -2.12. The third-order valence-electron chi connectivity index (χ3n) is 2.41. The number of nitro groups is 1. The zero-order chi connectivity index (χ0) is 15.1. The SMILES string of the molecule is CCCOc1cc(C(=O)O)c([N+](=O)[O-])cc1OCCC. The highest BCUT2D eigenvalue weighted by Gasteiger charge is 2.24. The first-order chi connectivity index (χ1) is 9.51. The fraction of sp³-hybridized carbons (Fsp3) is 0.462. The molecular formula is C13H17NO6. The van der Waals surface area contributed by atoms with Crippen LogP contribution in [0.1, 0.15) is 37.0 Å². The van der Waals surface area contributed by atoms with Gasteiger partial charge in [0.25, 0.3) is 5.69 Å². The quantitative estimate of drug-likeness (QED) is 0.581. The molecule has 20 heavy (non-hydrogen) atoms. The van der Waals surface area contributed by atoms with E-state index in [4.69, 9.17) is 14.6 Å². The van der Waals surface area contributed by atoms with Crippen molar-refractivity contribution in [1.29, 1.82) is 0 Å². The topological polar surface area (TPSA) is 98.9 Å². The number of carboxylic acids is 1. The minimum Gasteiger partial charge on any atom is -0.490 e. The van der Waals surface area contributed by atoms with Gasteiger partial charge in [0.05, 0.1) is 24.2 Å². The van der Waals surface area contributed by atoms with Crippen molar-refractivity contribution < 1.29 is 24.3 Å². The highest BCUT2D eigenvalue weighted by atomic mass is 16.6. The molecule has 0 aliphatic carbocycles. The van der Waals surface area contributed by atoms with E-state index in [1.54, 1.807) is 0 Å². The van der Waals surface area contributed by atoms with E-state index in [0.29, 0.717) is 13.2 Å². The second kappa shape index (κ2) is 7.32. The first-order valence-corrected chi connectivity index (χ1v) is 6.32. The Bertz CT molecular complexity index is 455. The largest absolute Gasteiger partial charge is 0.490 e. The zero-order valence-electron chi connectivity index (χ0n) is 11.4. The van der Waals surface area contributed by atoms with Gasteiger partial charge in [-0.3, -0.25) is 10.1 Å². The number of benzene rings is 1. The van der Waals surface area contributed by atoms with Crippen LogP contribution in [0.2, 0.25) is 0 Å².